The smallest absolute Gasteiger partial charge is 0.302 e. The molecule has 0 amide bonds. The molecule has 0 aromatic rings. The minimum atomic E-state index is -0.122. The molecule has 0 aromatic carbocycles. The Morgan fingerprint density at radius 1 is 1.29 bits per heavy atom. The third kappa shape index (κ3) is 1.27. The Bertz CT molecular complexity index is 257. The number of fused-ring (bicyclic) bond motifs is 2. The zero-order valence-electron chi connectivity index (χ0n) is 9.54. The molecule has 4 atom stereocenters. The summed E-state index contributed by atoms with van der Waals surface area (Å²) in [6.45, 7) is 8.44. The normalized spacial score (nSPS) is 44.0. The van der Waals surface area contributed by atoms with Crippen LogP contribution in [0.2, 0.25) is 0 Å². The predicted molar refractivity (Wildman–Crippen MR) is 54.7 cm³/mol. The Balaban J connectivity index is 2.10. The molecule has 0 unspecified atom stereocenters. The van der Waals surface area contributed by atoms with Crippen molar-refractivity contribution < 1.29 is 9.53 Å². The maximum Gasteiger partial charge on any atom is 0.302 e. The first-order chi connectivity index (χ1) is 6.43. The highest BCUT2D eigenvalue weighted by Crippen LogP contribution is 2.61. The summed E-state index contributed by atoms with van der Waals surface area (Å²) in [6, 6.07) is 0. The fourth-order valence-electron chi connectivity index (χ4n) is 3.63. The molecule has 14 heavy (non-hydrogen) atoms. The molecular weight excluding hydrogens is 176 g/mol. The highest BCUT2D eigenvalue weighted by Gasteiger charge is 2.58. The number of carbonyl (C=O) groups excluding carboxylic acids is 1. The number of carbonyl (C=O) groups is 1. The van der Waals surface area contributed by atoms with E-state index >= 15 is 0 Å². The summed E-state index contributed by atoms with van der Waals surface area (Å²) in [7, 11) is 0. The summed E-state index contributed by atoms with van der Waals surface area (Å²) in [6.07, 6.45) is 2.51. The first-order valence-corrected chi connectivity index (χ1v) is 5.60. The van der Waals surface area contributed by atoms with Crippen molar-refractivity contribution in [3.05, 3.63) is 0 Å². The number of rotatable bonds is 1. The van der Waals surface area contributed by atoms with Crippen molar-refractivity contribution >= 4 is 5.97 Å². The van der Waals surface area contributed by atoms with Crippen LogP contribution in [0, 0.1) is 23.2 Å². The topological polar surface area (TPSA) is 26.3 Å². The van der Waals surface area contributed by atoms with E-state index in [9.17, 15) is 4.79 Å². The van der Waals surface area contributed by atoms with E-state index in [1.165, 1.54) is 13.3 Å². The maximum absolute atomic E-state index is 11.0. The molecule has 3 fully saturated rings. The minimum Gasteiger partial charge on any atom is -0.462 e. The van der Waals surface area contributed by atoms with Gasteiger partial charge in [-0.2, -0.15) is 0 Å². The molecule has 2 heteroatoms. The number of esters is 1. The molecular formula is C12H20O2. The van der Waals surface area contributed by atoms with Crippen LogP contribution in [0.1, 0.15) is 40.5 Å². The van der Waals surface area contributed by atoms with E-state index in [1.54, 1.807) is 0 Å². The van der Waals surface area contributed by atoms with Crippen molar-refractivity contribution in [1.29, 1.82) is 0 Å². The van der Waals surface area contributed by atoms with Gasteiger partial charge in [0.05, 0.1) is 0 Å². The Morgan fingerprint density at radius 3 is 2.36 bits per heavy atom. The molecule has 0 aliphatic heterocycles. The highest BCUT2D eigenvalue weighted by atomic mass is 16.5. The predicted octanol–water partition coefficient (Wildman–Crippen LogP) is 2.62. The van der Waals surface area contributed by atoms with Crippen LogP contribution in [0.5, 0.6) is 0 Å². The van der Waals surface area contributed by atoms with Gasteiger partial charge in [-0.3, -0.25) is 4.79 Å². The molecule has 3 aliphatic carbocycles. The third-order valence-corrected chi connectivity index (χ3v) is 4.48. The Kier molecular flexibility index (Phi) is 2.13. The van der Waals surface area contributed by atoms with E-state index in [4.69, 9.17) is 4.74 Å². The molecule has 3 aliphatic rings. The van der Waals surface area contributed by atoms with Gasteiger partial charge in [-0.05, 0) is 30.1 Å². The van der Waals surface area contributed by atoms with Crippen LogP contribution in [0.25, 0.3) is 0 Å². The van der Waals surface area contributed by atoms with Gasteiger partial charge >= 0.3 is 5.97 Å². The minimum absolute atomic E-state index is 0.122. The first-order valence-electron chi connectivity index (χ1n) is 5.60. The van der Waals surface area contributed by atoms with Gasteiger partial charge in [0.15, 0.2) is 0 Å². The van der Waals surface area contributed by atoms with Gasteiger partial charge in [0, 0.05) is 12.8 Å². The fourth-order valence-corrected chi connectivity index (χ4v) is 3.63. The molecule has 0 aromatic heterocycles. The van der Waals surface area contributed by atoms with Crippen LogP contribution < -0.4 is 0 Å². The SMILES string of the molecule is CC(=O)O[C@@H]1C[C@H](C)[C@H]2C[C@@H]1C2(C)C. The summed E-state index contributed by atoms with van der Waals surface area (Å²) in [5.74, 6) is 2.04. The largest absolute Gasteiger partial charge is 0.462 e. The van der Waals surface area contributed by atoms with Gasteiger partial charge < -0.3 is 4.74 Å². The van der Waals surface area contributed by atoms with Crippen LogP contribution in [-0.4, -0.2) is 12.1 Å². The van der Waals surface area contributed by atoms with Crippen LogP contribution in [-0.2, 0) is 9.53 Å². The van der Waals surface area contributed by atoms with Crippen LogP contribution in [0.3, 0.4) is 0 Å². The van der Waals surface area contributed by atoms with Crippen molar-refractivity contribution in [3.63, 3.8) is 0 Å². The quantitative estimate of drug-likeness (QED) is 0.603. The maximum atomic E-state index is 11.0. The number of hydrogen-bond donors (Lipinski definition) is 0. The second-order valence-corrected chi connectivity index (χ2v) is 5.63. The summed E-state index contributed by atoms with van der Waals surface area (Å²) in [5.41, 5.74) is 0.387. The standard InChI is InChI=1S/C12H20O2/c1-7-5-11(14-8(2)13)10-6-9(7)12(10,3)4/h7,9-11H,5-6H2,1-4H3/t7-,9+,10-,11+/m0/s1. The van der Waals surface area contributed by atoms with E-state index in [0.717, 1.165) is 12.3 Å². The van der Waals surface area contributed by atoms with Crippen LogP contribution in [0.4, 0.5) is 0 Å². The molecule has 0 N–H and O–H groups in total. The summed E-state index contributed by atoms with van der Waals surface area (Å²) in [4.78, 5) is 11.0. The van der Waals surface area contributed by atoms with Crippen molar-refractivity contribution in [2.75, 3.05) is 0 Å². The lowest BCUT2D eigenvalue weighted by molar-refractivity contribution is -0.193. The lowest BCUT2D eigenvalue weighted by Crippen LogP contribution is -2.58. The average molecular weight is 196 g/mol. The van der Waals surface area contributed by atoms with Crippen LogP contribution in [0.15, 0.2) is 0 Å². The molecule has 3 rings (SSSR count). The van der Waals surface area contributed by atoms with E-state index in [1.807, 2.05) is 0 Å². The fraction of sp³-hybridized carbons (Fsp3) is 0.917. The molecule has 3 saturated carbocycles. The van der Waals surface area contributed by atoms with Gasteiger partial charge in [-0.25, -0.2) is 0 Å². The molecule has 2 bridgehead atoms. The zero-order valence-corrected chi connectivity index (χ0v) is 9.54. The lowest BCUT2D eigenvalue weighted by atomic mass is 9.45. The Morgan fingerprint density at radius 2 is 1.93 bits per heavy atom. The van der Waals surface area contributed by atoms with Crippen molar-refractivity contribution in [2.24, 2.45) is 23.2 Å². The molecule has 80 valence electrons. The van der Waals surface area contributed by atoms with Gasteiger partial charge in [-0.1, -0.05) is 20.8 Å². The average Bonchev–Trinajstić information content (AvgIpc) is 2.00. The van der Waals surface area contributed by atoms with E-state index in [0.29, 0.717) is 17.3 Å². The second kappa shape index (κ2) is 2.98. The van der Waals surface area contributed by atoms with Crippen molar-refractivity contribution in [3.8, 4) is 0 Å². The summed E-state index contributed by atoms with van der Waals surface area (Å²) in [5, 5.41) is 0. The molecule has 2 nitrogen and oxygen atoms in total. The van der Waals surface area contributed by atoms with Crippen molar-refractivity contribution in [2.45, 2.75) is 46.6 Å². The Labute approximate surface area is 86.0 Å². The molecule has 0 spiro atoms. The van der Waals surface area contributed by atoms with E-state index < -0.39 is 0 Å². The number of hydrogen-bond acceptors (Lipinski definition) is 2. The van der Waals surface area contributed by atoms with Gasteiger partial charge in [-0.15, -0.1) is 0 Å². The van der Waals surface area contributed by atoms with Gasteiger partial charge in [0.25, 0.3) is 0 Å². The van der Waals surface area contributed by atoms with Crippen LogP contribution >= 0.6 is 0 Å². The molecule has 0 radical (unpaired) electrons. The van der Waals surface area contributed by atoms with E-state index in [-0.39, 0.29) is 12.1 Å². The second-order valence-electron chi connectivity index (χ2n) is 5.63. The lowest BCUT2D eigenvalue weighted by Gasteiger charge is -2.61. The van der Waals surface area contributed by atoms with E-state index in [2.05, 4.69) is 20.8 Å². The summed E-state index contributed by atoms with van der Waals surface area (Å²) < 4.78 is 5.41. The van der Waals surface area contributed by atoms with Gasteiger partial charge in [0.2, 0.25) is 0 Å². The van der Waals surface area contributed by atoms with Gasteiger partial charge in [0.1, 0.15) is 6.10 Å². The third-order valence-electron chi connectivity index (χ3n) is 4.48. The first kappa shape index (κ1) is 10.0. The molecule has 0 heterocycles. The zero-order chi connectivity index (χ0) is 10.5. The summed E-state index contributed by atoms with van der Waals surface area (Å²) >= 11 is 0. The molecule has 0 saturated heterocycles. The highest BCUT2D eigenvalue weighted by molar-refractivity contribution is 5.66. The van der Waals surface area contributed by atoms with Crippen molar-refractivity contribution in [1.82, 2.24) is 0 Å². The monoisotopic (exact) mass is 196 g/mol. The number of ether oxygens (including phenoxy) is 1. The Hall–Kier alpha value is -0.530.